The van der Waals surface area contributed by atoms with Crippen molar-refractivity contribution in [3.8, 4) is 5.75 Å². The molecule has 0 fully saturated rings. The van der Waals surface area contributed by atoms with Gasteiger partial charge in [-0.15, -0.1) is 0 Å². The molecule has 0 bridgehead atoms. The fraction of sp³-hybridized carbons (Fsp3) is 0.667. The fourth-order valence-electron chi connectivity index (χ4n) is 2.39. The Morgan fingerprint density at radius 1 is 0.850 bits per heavy atom. The molecule has 1 rings (SSSR count). The van der Waals surface area contributed by atoms with Crippen LogP contribution in [-0.2, 0) is 0 Å². The highest BCUT2D eigenvalue weighted by Gasteiger charge is 2.03. The predicted molar refractivity (Wildman–Crippen MR) is 86.9 cm³/mol. The molecule has 0 aliphatic carbocycles. The third kappa shape index (κ3) is 8.98. The largest absolute Gasteiger partial charge is 0.476 e. The lowest BCUT2D eigenvalue weighted by atomic mass is 10.1. The van der Waals surface area contributed by atoms with Crippen LogP contribution in [0.1, 0.15) is 71.1 Å². The molecule has 1 aromatic carbocycles. The minimum absolute atomic E-state index is 0.165. The number of ether oxygens (including phenoxy) is 1. The Morgan fingerprint density at radius 2 is 1.40 bits per heavy atom. The summed E-state index contributed by atoms with van der Waals surface area (Å²) in [6, 6.07) is 9.84. The average Bonchev–Trinajstić information content (AvgIpc) is 2.46. The van der Waals surface area contributed by atoms with E-state index < -0.39 is 0 Å². The van der Waals surface area contributed by atoms with Crippen molar-refractivity contribution in [1.82, 2.24) is 0 Å². The predicted octanol–water partition coefficient (Wildman–Crippen LogP) is 5.27. The molecule has 114 valence electrons. The van der Waals surface area contributed by atoms with Crippen LogP contribution in [0.4, 0.5) is 0 Å². The smallest absolute Gasteiger partial charge is 0.147 e. The summed E-state index contributed by atoms with van der Waals surface area (Å²) >= 11 is 0. The van der Waals surface area contributed by atoms with Gasteiger partial charge < -0.3 is 4.74 Å². The van der Waals surface area contributed by atoms with Crippen LogP contribution in [0.3, 0.4) is 0 Å². The summed E-state index contributed by atoms with van der Waals surface area (Å²) in [6.45, 7) is 2.26. The Hall–Kier alpha value is -1.02. The zero-order chi connectivity index (χ0) is 14.5. The van der Waals surface area contributed by atoms with Gasteiger partial charge >= 0.3 is 0 Å². The molecule has 0 aliphatic heterocycles. The molecular weight excluding hydrogens is 246 g/mol. The van der Waals surface area contributed by atoms with Gasteiger partial charge in [-0.05, 0) is 25.0 Å². The first-order valence-electron chi connectivity index (χ1n) is 8.30. The Labute approximate surface area is 124 Å². The lowest BCUT2D eigenvalue weighted by Crippen LogP contribution is -2.26. The molecule has 0 saturated carbocycles. The first kappa shape index (κ1) is 17.0. The second-order valence-electron chi connectivity index (χ2n) is 5.59. The first-order valence-corrected chi connectivity index (χ1v) is 8.30. The van der Waals surface area contributed by atoms with Gasteiger partial charge in [0.1, 0.15) is 12.0 Å². The molecule has 1 atom stereocenters. The van der Waals surface area contributed by atoms with Gasteiger partial charge in [0.2, 0.25) is 0 Å². The molecule has 0 spiro atoms. The number of hydrogen-bond donors (Lipinski definition) is 1. The normalized spacial score (nSPS) is 12.3. The molecule has 0 aliphatic rings. The molecule has 20 heavy (non-hydrogen) atoms. The zero-order valence-corrected chi connectivity index (χ0v) is 13.0. The summed E-state index contributed by atoms with van der Waals surface area (Å²) in [5.41, 5.74) is 5.98. The van der Waals surface area contributed by atoms with E-state index in [0.29, 0.717) is 0 Å². The van der Waals surface area contributed by atoms with Crippen LogP contribution in [-0.4, -0.2) is 6.23 Å². The van der Waals surface area contributed by atoms with E-state index >= 15 is 0 Å². The standard InChI is InChI=1S/C18H31NO/c1-2-3-4-5-6-7-8-9-13-16-18(19)20-17-14-11-10-12-15-17/h10-12,14-15,18H,2-9,13,16,19H2,1H3. The lowest BCUT2D eigenvalue weighted by molar-refractivity contribution is 0.194. The Bertz CT molecular complexity index is 312. The van der Waals surface area contributed by atoms with Crippen LogP contribution in [0.2, 0.25) is 0 Å². The Morgan fingerprint density at radius 3 is 2.00 bits per heavy atom. The van der Waals surface area contributed by atoms with Gasteiger partial charge in [-0.2, -0.15) is 0 Å². The number of rotatable bonds is 12. The molecule has 2 nitrogen and oxygen atoms in total. The van der Waals surface area contributed by atoms with Crippen molar-refractivity contribution < 1.29 is 4.74 Å². The van der Waals surface area contributed by atoms with Crippen molar-refractivity contribution in [1.29, 1.82) is 0 Å². The first-order chi connectivity index (χ1) is 9.83. The van der Waals surface area contributed by atoms with Gasteiger partial charge in [-0.3, -0.25) is 5.73 Å². The minimum atomic E-state index is -0.165. The monoisotopic (exact) mass is 277 g/mol. The molecule has 1 unspecified atom stereocenters. The molecule has 0 saturated heterocycles. The maximum absolute atomic E-state index is 5.98. The van der Waals surface area contributed by atoms with E-state index in [9.17, 15) is 0 Å². The Kier molecular flexibility index (Phi) is 10.0. The summed E-state index contributed by atoms with van der Waals surface area (Å²) in [4.78, 5) is 0. The molecule has 0 amide bonds. The maximum Gasteiger partial charge on any atom is 0.147 e. The summed E-state index contributed by atoms with van der Waals surface area (Å²) in [5, 5.41) is 0. The number of hydrogen-bond acceptors (Lipinski definition) is 2. The number of unbranched alkanes of at least 4 members (excludes halogenated alkanes) is 8. The van der Waals surface area contributed by atoms with Gasteiger partial charge in [0, 0.05) is 0 Å². The molecule has 0 heterocycles. The molecule has 2 heteroatoms. The van der Waals surface area contributed by atoms with Gasteiger partial charge in [0.25, 0.3) is 0 Å². The lowest BCUT2D eigenvalue weighted by Gasteiger charge is -2.14. The van der Waals surface area contributed by atoms with Gasteiger partial charge in [-0.25, -0.2) is 0 Å². The van der Waals surface area contributed by atoms with Gasteiger partial charge in [0.15, 0.2) is 0 Å². The van der Waals surface area contributed by atoms with Crippen LogP contribution in [0.15, 0.2) is 30.3 Å². The molecular formula is C18H31NO. The van der Waals surface area contributed by atoms with Gasteiger partial charge in [-0.1, -0.05) is 76.5 Å². The van der Waals surface area contributed by atoms with Crippen LogP contribution >= 0.6 is 0 Å². The molecule has 2 N–H and O–H groups in total. The highest BCUT2D eigenvalue weighted by atomic mass is 16.5. The van der Waals surface area contributed by atoms with E-state index in [4.69, 9.17) is 10.5 Å². The summed E-state index contributed by atoms with van der Waals surface area (Å²) < 4.78 is 5.66. The van der Waals surface area contributed by atoms with Crippen molar-refractivity contribution in [3.63, 3.8) is 0 Å². The quantitative estimate of drug-likeness (QED) is 0.417. The zero-order valence-electron chi connectivity index (χ0n) is 13.0. The second-order valence-corrected chi connectivity index (χ2v) is 5.59. The minimum Gasteiger partial charge on any atom is -0.476 e. The Balaban J connectivity index is 1.91. The van der Waals surface area contributed by atoms with E-state index in [2.05, 4.69) is 6.92 Å². The number of benzene rings is 1. The second kappa shape index (κ2) is 11.8. The maximum atomic E-state index is 5.98. The summed E-state index contributed by atoms with van der Waals surface area (Å²) in [7, 11) is 0. The van der Waals surface area contributed by atoms with Crippen molar-refractivity contribution in [3.05, 3.63) is 30.3 Å². The van der Waals surface area contributed by atoms with Crippen molar-refractivity contribution in [2.45, 2.75) is 77.4 Å². The van der Waals surface area contributed by atoms with Crippen molar-refractivity contribution in [2.24, 2.45) is 5.73 Å². The van der Waals surface area contributed by atoms with Crippen LogP contribution in [0.25, 0.3) is 0 Å². The van der Waals surface area contributed by atoms with Crippen LogP contribution in [0.5, 0.6) is 5.75 Å². The number of para-hydroxylation sites is 1. The topological polar surface area (TPSA) is 35.2 Å². The van der Waals surface area contributed by atoms with E-state index in [1.165, 1.54) is 57.8 Å². The number of nitrogens with two attached hydrogens (primary N) is 1. The van der Waals surface area contributed by atoms with Crippen LogP contribution in [0, 0.1) is 0 Å². The van der Waals surface area contributed by atoms with E-state index in [1.807, 2.05) is 30.3 Å². The molecule has 0 radical (unpaired) electrons. The van der Waals surface area contributed by atoms with Crippen molar-refractivity contribution >= 4 is 0 Å². The van der Waals surface area contributed by atoms with Crippen LogP contribution < -0.4 is 10.5 Å². The SMILES string of the molecule is CCCCCCCCCCCC(N)Oc1ccccc1. The third-order valence-corrected chi connectivity index (χ3v) is 3.62. The fourth-order valence-corrected chi connectivity index (χ4v) is 2.39. The van der Waals surface area contributed by atoms with Crippen molar-refractivity contribution in [2.75, 3.05) is 0 Å². The average molecular weight is 277 g/mol. The van der Waals surface area contributed by atoms with E-state index in [0.717, 1.165) is 12.2 Å². The van der Waals surface area contributed by atoms with E-state index in [-0.39, 0.29) is 6.23 Å². The molecule has 0 aromatic heterocycles. The summed E-state index contributed by atoms with van der Waals surface area (Å²) in [6.07, 6.45) is 12.9. The third-order valence-electron chi connectivity index (χ3n) is 3.62. The van der Waals surface area contributed by atoms with Gasteiger partial charge in [0.05, 0.1) is 0 Å². The molecule has 1 aromatic rings. The highest BCUT2D eigenvalue weighted by molar-refractivity contribution is 5.21. The highest BCUT2D eigenvalue weighted by Crippen LogP contribution is 2.14. The van der Waals surface area contributed by atoms with E-state index in [1.54, 1.807) is 0 Å². The summed E-state index contributed by atoms with van der Waals surface area (Å²) in [5.74, 6) is 0.871.